The molecule has 4 aliphatic rings. The molecule has 1 spiro atoms. The number of carbonyl (C=O) groups is 2. The maximum absolute atomic E-state index is 13.4. The van der Waals surface area contributed by atoms with Crippen LogP contribution in [0.15, 0.2) is 0 Å². The quantitative estimate of drug-likeness (QED) is 0.613. The number of carbonyl (C=O) groups excluding carboxylic acids is 2. The Morgan fingerprint density at radius 3 is 2.19 bits per heavy atom. The van der Waals surface area contributed by atoms with Crippen molar-refractivity contribution >= 4 is 11.9 Å². The van der Waals surface area contributed by atoms with Gasteiger partial charge in [0.1, 0.15) is 6.10 Å². The fraction of sp³-hybridized carbons (Fsp3) is 0.917. The van der Waals surface area contributed by atoms with Gasteiger partial charge in [0, 0.05) is 12.8 Å². The van der Waals surface area contributed by atoms with Crippen LogP contribution in [-0.2, 0) is 33.3 Å². The van der Waals surface area contributed by atoms with Crippen LogP contribution in [0, 0.1) is 16.2 Å². The third kappa shape index (κ3) is 4.02. The molecule has 0 N–H and O–H groups in total. The molecule has 1 saturated carbocycles. The first kappa shape index (κ1) is 23.0. The molecule has 4 fully saturated rings. The van der Waals surface area contributed by atoms with Gasteiger partial charge in [0.25, 0.3) is 0 Å². The highest BCUT2D eigenvalue weighted by Gasteiger charge is 2.66. The molecule has 0 aromatic rings. The van der Waals surface area contributed by atoms with E-state index < -0.39 is 53.8 Å². The van der Waals surface area contributed by atoms with Crippen LogP contribution in [0.4, 0.5) is 0 Å². The van der Waals surface area contributed by atoms with Gasteiger partial charge in [-0.1, -0.05) is 48.0 Å². The normalized spacial score (nSPS) is 36.6. The van der Waals surface area contributed by atoms with Crippen molar-refractivity contribution < 1.29 is 33.3 Å². The molecule has 3 saturated heterocycles. The number of hydrogen-bond donors (Lipinski definition) is 0. The first-order valence-corrected chi connectivity index (χ1v) is 11.7. The molecule has 0 aromatic heterocycles. The summed E-state index contributed by atoms with van der Waals surface area (Å²) in [7, 11) is 0. The number of esters is 2. The monoisotopic (exact) mass is 438 g/mol. The number of fused-ring (bicyclic) bond motifs is 3. The lowest BCUT2D eigenvalue weighted by Crippen LogP contribution is -2.48. The van der Waals surface area contributed by atoms with E-state index in [9.17, 15) is 9.59 Å². The Kier molecular flexibility index (Phi) is 5.51. The molecule has 3 heterocycles. The molecule has 6 atom stereocenters. The van der Waals surface area contributed by atoms with Gasteiger partial charge in [-0.2, -0.15) is 0 Å². The lowest BCUT2D eigenvalue weighted by molar-refractivity contribution is -0.246. The lowest BCUT2D eigenvalue weighted by atomic mass is 9.61. The summed E-state index contributed by atoms with van der Waals surface area (Å²) in [6, 6.07) is 0. The van der Waals surface area contributed by atoms with Crippen molar-refractivity contribution in [2.45, 2.75) is 123 Å². The Hall–Kier alpha value is -1.18. The molecule has 6 unspecified atom stereocenters. The second kappa shape index (κ2) is 7.42. The Morgan fingerprint density at radius 1 is 0.968 bits per heavy atom. The standard InChI is InChI=1S/C24H38O7/c1-21(2,3)13-23(7,22(4,5)6)20(26)29-16-14-15(27-18(16)25)17-19(28-14)31-24(30-17)11-9-8-10-12-24/h14-17,19H,8-13H2,1-7H3. The fourth-order valence-electron chi connectivity index (χ4n) is 5.46. The van der Waals surface area contributed by atoms with Crippen LogP contribution in [0.5, 0.6) is 0 Å². The van der Waals surface area contributed by atoms with E-state index in [1.165, 1.54) is 6.42 Å². The topological polar surface area (TPSA) is 80.3 Å². The molecule has 4 rings (SSSR count). The SMILES string of the molecule is CC(C)(C)CC(C)(C(=O)OC1C(=O)OC2C3OC4(CCCCC4)OC3OC12)C(C)(C)C. The Labute approximate surface area is 185 Å². The van der Waals surface area contributed by atoms with Gasteiger partial charge < -0.3 is 23.7 Å². The summed E-state index contributed by atoms with van der Waals surface area (Å²) < 4.78 is 29.9. The zero-order chi connectivity index (χ0) is 22.8. The van der Waals surface area contributed by atoms with E-state index in [-0.39, 0.29) is 10.8 Å². The number of ether oxygens (including phenoxy) is 5. The summed E-state index contributed by atoms with van der Waals surface area (Å²) in [4.78, 5) is 26.1. The first-order chi connectivity index (χ1) is 14.2. The molecule has 0 aromatic carbocycles. The molecular formula is C24H38O7. The minimum Gasteiger partial charge on any atom is -0.454 e. The average molecular weight is 439 g/mol. The van der Waals surface area contributed by atoms with Crippen LogP contribution in [0.3, 0.4) is 0 Å². The Bertz CT molecular complexity index is 727. The first-order valence-electron chi connectivity index (χ1n) is 11.7. The predicted octanol–water partition coefficient (Wildman–Crippen LogP) is 4.11. The average Bonchev–Trinajstić information content (AvgIpc) is 3.22. The molecule has 7 heteroatoms. The van der Waals surface area contributed by atoms with Gasteiger partial charge in [0.15, 0.2) is 24.3 Å². The molecule has 3 aliphatic heterocycles. The highest BCUT2D eigenvalue weighted by molar-refractivity contribution is 5.84. The molecular weight excluding hydrogens is 400 g/mol. The van der Waals surface area contributed by atoms with Gasteiger partial charge in [0.2, 0.25) is 6.10 Å². The summed E-state index contributed by atoms with van der Waals surface area (Å²) >= 11 is 0. The van der Waals surface area contributed by atoms with E-state index in [1.54, 1.807) is 0 Å². The van der Waals surface area contributed by atoms with Gasteiger partial charge in [-0.05, 0) is 37.0 Å². The van der Waals surface area contributed by atoms with Gasteiger partial charge in [-0.25, -0.2) is 4.79 Å². The third-order valence-electron chi connectivity index (χ3n) is 7.51. The summed E-state index contributed by atoms with van der Waals surface area (Å²) in [5.41, 5.74) is -1.22. The van der Waals surface area contributed by atoms with E-state index in [0.717, 1.165) is 25.7 Å². The van der Waals surface area contributed by atoms with Crippen LogP contribution < -0.4 is 0 Å². The van der Waals surface area contributed by atoms with Gasteiger partial charge >= 0.3 is 11.9 Å². The largest absolute Gasteiger partial charge is 0.454 e. The van der Waals surface area contributed by atoms with E-state index in [2.05, 4.69) is 20.8 Å². The second-order valence-corrected chi connectivity index (χ2v) is 12.2. The van der Waals surface area contributed by atoms with Crippen molar-refractivity contribution in [1.29, 1.82) is 0 Å². The molecule has 0 radical (unpaired) electrons. The Balaban J connectivity index is 1.48. The van der Waals surface area contributed by atoms with Crippen LogP contribution >= 0.6 is 0 Å². The van der Waals surface area contributed by atoms with Crippen LogP contribution in [0.2, 0.25) is 0 Å². The summed E-state index contributed by atoms with van der Waals surface area (Å²) in [5.74, 6) is -1.59. The number of hydrogen-bond acceptors (Lipinski definition) is 7. The minimum absolute atomic E-state index is 0.0867. The predicted molar refractivity (Wildman–Crippen MR) is 112 cm³/mol. The maximum atomic E-state index is 13.4. The van der Waals surface area contributed by atoms with Crippen molar-refractivity contribution in [3.05, 3.63) is 0 Å². The molecule has 31 heavy (non-hydrogen) atoms. The van der Waals surface area contributed by atoms with Crippen molar-refractivity contribution in [3.63, 3.8) is 0 Å². The van der Waals surface area contributed by atoms with Crippen molar-refractivity contribution in [1.82, 2.24) is 0 Å². The zero-order valence-electron chi connectivity index (χ0n) is 20.0. The third-order valence-corrected chi connectivity index (χ3v) is 7.51. The summed E-state index contributed by atoms with van der Waals surface area (Å²) in [5, 5.41) is 0. The Morgan fingerprint density at radius 2 is 1.61 bits per heavy atom. The van der Waals surface area contributed by atoms with Crippen LogP contribution in [-0.4, -0.2) is 48.4 Å². The van der Waals surface area contributed by atoms with E-state index >= 15 is 0 Å². The van der Waals surface area contributed by atoms with Gasteiger partial charge in [-0.15, -0.1) is 0 Å². The minimum atomic E-state index is -1.10. The number of rotatable bonds is 3. The highest BCUT2D eigenvalue weighted by atomic mass is 16.9. The smallest absolute Gasteiger partial charge is 0.350 e. The van der Waals surface area contributed by atoms with E-state index in [1.807, 2.05) is 27.7 Å². The van der Waals surface area contributed by atoms with E-state index in [0.29, 0.717) is 6.42 Å². The summed E-state index contributed by atoms with van der Waals surface area (Å²) in [6.07, 6.45) is 2.06. The molecule has 0 amide bonds. The zero-order valence-corrected chi connectivity index (χ0v) is 20.0. The van der Waals surface area contributed by atoms with Crippen LogP contribution in [0.1, 0.15) is 87.0 Å². The van der Waals surface area contributed by atoms with Crippen molar-refractivity contribution in [3.8, 4) is 0 Å². The lowest BCUT2D eigenvalue weighted by Gasteiger charge is -2.43. The van der Waals surface area contributed by atoms with Crippen LogP contribution in [0.25, 0.3) is 0 Å². The maximum Gasteiger partial charge on any atom is 0.350 e. The highest BCUT2D eigenvalue weighted by Crippen LogP contribution is 2.50. The molecule has 176 valence electrons. The van der Waals surface area contributed by atoms with Crippen molar-refractivity contribution in [2.75, 3.05) is 0 Å². The summed E-state index contributed by atoms with van der Waals surface area (Å²) in [6.45, 7) is 14.3. The van der Waals surface area contributed by atoms with E-state index in [4.69, 9.17) is 23.7 Å². The molecule has 7 nitrogen and oxygen atoms in total. The molecule has 0 bridgehead atoms. The molecule has 1 aliphatic carbocycles. The van der Waals surface area contributed by atoms with Gasteiger partial charge in [-0.3, -0.25) is 4.79 Å². The van der Waals surface area contributed by atoms with Crippen molar-refractivity contribution in [2.24, 2.45) is 16.2 Å². The fourth-order valence-corrected chi connectivity index (χ4v) is 5.46. The van der Waals surface area contributed by atoms with Gasteiger partial charge in [0.05, 0.1) is 5.41 Å². The second-order valence-electron chi connectivity index (χ2n) is 12.2.